The molecule has 3 aromatic rings. The van der Waals surface area contributed by atoms with Gasteiger partial charge in [0.15, 0.2) is 5.16 Å². The molecule has 4 rings (SSSR count). The summed E-state index contributed by atoms with van der Waals surface area (Å²) in [7, 11) is 1.35. The summed E-state index contributed by atoms with van der Waals surface area (Å²) >= 11 is 2.88. The lowest BCUT2D eigenvalue weighted by Crippen LogP contribution is -2.28. The summed E-state index contributed by atoms with van der Waals surface area (Å²) in [6, 6.07) is 6.03. The van der Waals surface area contributed by atoms with E-state index in [1.165, 1.54) is 23.7 Å². The number of ether oxygens (including phenoxy) is 1. The fourth-order valence-electron chi connectivity index (χ4n) is 4.20. The van der Waals surface area contributed by atoms with Gasteiger partial charge < -0.3 is 10.1 Å². The van der Waals surface area contributed by atoms with Crippen LogP contribution in [0.1, 0.15) is 47.3 Å². The summed E-state index contributed by atoms with van der Waals surface area (Å²) in [5.74, 6) is -0.328. The van der Waals surface area contributed by atoms with Gasteiger partial charge in [-0.05, 0) is 68.7 Å². The molecule has 9 heteroatoms. The van der Waals surface area contributed by atoms with Crippen molar-refractivity contribution in [2.75, 3.05) is 19.4 Å². The molecule has 0 bridgehead atoms. The predicted molar refractivity (Wildman–Crippen MR) is 136 cm³/mol. The van der Waals surface area contributed by atoms with E-state index in [2.05, 4.69) is 10.1 Å². The van der Waals surface area contributed by atoms with Gasteiger partial charge in [-0.2, -0.15) is 0 Å². The van der Waals surface area contributed by atoms with E-state index in [4.69, 9.17) is 4.98 Å². The smallest absolute Gasteiger partial charge is 0.305 e. The minimum Gasteiger partial charge on any atom is -0.469 e. The van der Waals surface area contributed by atoms with Crippen molar-refractivity contribution in [3.05, 3.63) is 50.1 Å². The van der Waals surface area contributed by atoms with Gasteiger partial charge in [0.25, 0.3) is 5.56 Å². The number of aromatic nitrogens is 2. The number of fused-ring (bicyclic) bond motifs is 3. The van der Waals surface area contributed by atoms with Crippen LogP contribution in [0.2, 0.25) is 0 Å². The Labute approximate surface area is 206 Å². The summed E-state index contributed by atoms with van der Waals surface area (Å²) in [5.41, 5.74) is 3.93. The van der Waals surface area contributed by atoms with Gasteiger partial charge in [0.05, 0.1) is 23.9 Å². The molecule has 1 aliphatic carbocycles. The zero-order chi connectivity index (χ0) is 24.2. The number of nitrogens with one attached hydrogen (secondary N) is 1. The van der Waals surface area contributed by atoms with Crippen LogP contribution in [-0.2, 0) is 27.2 Å². The first kappa shape index (κ1) is 24.5. The van der Waals surface area contributed by atoms with Crippen molar-refractivity contribution in [3.8, 4) is 5.69 Å². The highest BCUT2D eigenvalue weighted by molar-refractivity contribution is 7.99. The molecular weight excluding hydrogens is 470 g/mol. The third-order valence-electron chi connectivity index (χ3n) is 6.00. The van der Waals surface area contributed by atoms with Gasteiger partial charge in [-0.15, -0.1) is 11.3 Å². The highest BCUT2D eigenvalue weighted by atomic mass is 32.2. The number of thioether (sulfide) groups is 1. The van der Waals surface area contributed by atoms with E-state index < -0.39 is 0 Å². The van der Waals surface area contributed by atoms with Crippen LogP contribution in [0.4, 0.5) is 0 Å². The predicted octanol–water partition coefficient (Wildman–Crippen LogP) is 4.10. The van der Waals surface area contributed by atoms with E-state index in [9.17, 15) is 14.4 Å². The molecule has 0 atom stereocenters. The Kier molecular flexibility index (Phi) is 7.73. The molecule has 2 aromatic heterocycles. The molecule has 0 saturated heterocycles. The van der Waals surface area contributed by atoms with Gasteiger partial charge in [-0.3, -0.25) is 19.0 Å². The largest absolute Gasteiger partial charge is 0.469 e. The maximum absolute atomic E-state index is 13.9. The van der Waals surface area contributed by atoms with Crippen molar-refractivity contribution in [1.82, 2.24) is 14.9 Å². The zero-order valence-electron chi connectivity index (χ0n) is 19.7. The summed E-state index contributed by atoms with van der Waals surface area (Å²) in [6.07, 6.45) is 4.92. The summed E-state index contributed by atoms with van der Waals surface area (Å²) in [5, 5.41) is 4.08. The summed E-state index contributed by atoms with van der Waals surface area (Å²) < 4.78 is 6.30. The molecule has 0 radical (unpaired) electrons. The van der Waals surface area contributed by atoms with Crippen LogP contribution in [0.3, 0.4) is 0 Å². The number of esters is 1. The minimum atomic E-state index is -0.294. The summed E-state index contributed by atoms with van der Waals surface area (Å²) in [4.78, 5) is 44.5. The number of benzene rings is 1. The minimum absolute atomic E-state index is 0.0564. The Morgan fingerprint density at radius 2 is 2.03 bits per heavy atom. The zero-order valence-corrected chi connectivity index (χ0v) is 21.4. The second-order valence-electron chi connectivity index (χ2n) is 8.53. The fourth-order valence-corrected chi connectivity index (χ4v) is 6.34. The van der Waals surface area contributed by atoms with Crippen molar-refractivity contribution in [3.63, 3.8) is 0 Å². The molecule has 7 nitrogen and oxygen atoms in total. The van der Waals surface area contributed by atoms with Gasteiger partial charge >= 0.3 is 5.97 Å². The first-order valence-corrected chi connectivity index (χ1v) is 13.3. The number of methoxy groups -OCH3 is 1. The van der Waals surface area contributed by atoms with Crippen LogP contribution >= 0.6 is 23.1 Å². The third-order valence-corrected chi connectivity index (χ3v) is 8.13. The van der Waals surface area contributed by atoms with Gasteiger partial charge in [-0.1, -0.05) is 23.9 Å². The molecule has 1 N–H and O–H groups in total. The highest BCUT2D eigenvalue weighted by Crippen LogP contribution is 2.35. The SMILES string of the molecule is COC(=O)CCCNC(=O)CSc1nc2sc3c(c2c(=O)n1-c1cc(C)ccc1C)CCCC3. The molecule has 34 heavy (non-hydrogen) atoms. The Morgan fingerprint density at radius 1 is 1.24 bits per heavy atom. The second-order valence-corrected chi connectivity index (χ2v) is 10.6. The van der Waals surface area contributed by atoms with E-state index in [0.29, 0.717) is 18.1 Å². The molecule has 1 aliphatic rings. The number of aryl methyl sites for hydroxylation is 4. The Bertz CT molecular complexity index is 1300. The topological polar surface area (TPSA) is 90.3 Å². The van der Waals surface area contributed by atoms with Crippen LogP contribution in [0, 0.1) is 13.8 Å². The molecule has 2 heterocycles. The maximum atomic E-state index is 13.9. The standard InChI is InChI=1S/C25H29N3O4S2/c1-15-10-11-16(2)18(13-15)28-24(31)22-17-7-4-5-8-19(17)34-23(22)27-25(28)33-14-20(29)26-12-6-9-21(30)32-3/h10-11,13H,4-9,12,14H2,1-3H3,(H,26,29). The van der Waals surface area contributed by atoms with E-state index in [0.717, 1.165) is 58.3 Å². The average molecular weight is 500 g/mol. The fraction of sp³-hybridized carbons (Fsp3) is 0.440. The van der Waals surface area contributed by atoms with E-state index in [-0.39, 0.29) is 29.6 Å². The quantitative estimate of drug-likeness (QED) is 0.217. The number of amides is 1. The first-order valence-electron chi connectivity index (χ1n) is 11.5. The van der Waals surface area contributed by atoms with Crippen LogP contribution in [-0.4, -0.2) is 40.8 Å². The lowest BCUT2D eigenvalue weighted by Gasteiger charge is -2.16. The highest BCUT2D eigenvalue weighted by Gasteiger charge is 2.23. The normalized spacial score (nSPS) is 13.0. The van der Waals surface area contributed by atoms with Gasteiger partial charge in [-0.25, -0.2) is 4.98 Å². The molecule has 1 aromatic carbocycles. The van der Waals surface area contributed by atoms with Crippen molar-refractivity contribution in [2.24, 2.45) is 0 Å². The lowest BCUT2D eigenvalue weighted by atomic mass is 9.97. The number of thiophene rings is 1. The van der Waals surface area contributed by atoms with Gasteiger partial charge in [0, 0.05) is 17.8 Å². The van der Waals surface area contributed by atoms with E-state index in [1.807, 2.05) is 32.0 Å². The molecule has 0 spiro atoms. The molecule has 0 unspecified atom stereocenters. The number of carbonyl (C=O) groups is 2. The number of carbonyl (C=O) groups excluding carboxylic acids is 2. The monoisotopic (exact) mass is 499 g/mol. The van der Waals surface area contributed by atoms with Crippen molar-refractivity contribution >= 4 is 45.2 Å². The number of hydrogen-bond donors (Lipinski definition) is 1. The number of nitrogens with zero attached hydrogens (tertiary/aromatic N) is 2. The molecule has 0 fully saturated rings. The Hall–Kier alpha value is -2.65. The Balaban J connectivity index is 1.65. The summed E-state index contributed by atoms with van der Waals surface area (Å²) in [6.45, 7) is 4.38. The number of rotatable bonds is 8. The van der Waals surface area contributed by atoms with E-state index >= 15 is 0 Å². The maximum Gasteiger partial charge on any atom is 0.305 e. The average Bonchev–Trinajstić information content (AvgIpc) is 3.20. The van der Waals surface area contributed by atoms with E-state index in [1.54, 1.807) is 15.9 Å². The molecule has 0 aliphatic heterocycles. The van der Waals surface area contributed by atoms with Gasteiger partial charge in [0.1, 0.15) is 4.83 Å². The van der Waals surface area contributed by atoms with Crippen LogP contribution in [0.15, 0.2) is 28.2 Å². The van der Waals surface area contributed by atoms with Crippen LogP contribution < -0.4 is 10.9 Å². The molecule has 180 valence electrons. The van der Waals surface area contributed by atoms with Crippen molar-refractivity contribution < 1.29 is 14.3 Å². The first-order chi connectivity index (χ1) is 16.4. The van der Waals surface area contributed by atoms with Crippen molar-refractivity contribution in [2.45, 2.75) is 57.5 Å². The Morgan fingerprint density at radius 3 is 2.82 bits per heavy atom. The van der Waals surface area contributed by atoms with Gasteiger partial charge in [0.2, 0.25) is 5.91 Å². The third kappa shape index (κ3) is 5.20. The lowest BCUT2D eigenvalue weighted by molar-refractivity contribution is -0.140. The van der Waals surface area contributed by atoms with Crippen molar-refractivity contribution in [1.29, 1.82) is 0 Å². The van der Waals surface area contributed by atoms with Crippen LogP contribution in [0.5, 0.6) is 0 Å². The molecular formula is C25H29N3O4S2. The molecule has 1 amide bonds. The molecule has 0 saturated carbocycles. The van der Waals surface area contributed by atoms with Crippen LogP contribution in [0.25, 0.3) is 15.9 Å². The second kappa shape index (κ2) is 10.7. The number of hydrogen-bond acceptors (Lipinski definition) is 7.